The molecule has 1 aliphatic rings. The number of benzene rings is 1. The summed E-state index contributed by atoms with van der Waals surface area (Å²) in [5, 5.41) is 0.719. The molecule has 2 aromatic rings. The van der Waals surface area contributed by atoms with E-state index in [-0.39, 0.29) is 35.4 Å². The van der Waals surface area contributed by atoms with Gasteiger partial charge in [0, 0.05) is 16.8 Å². The Balaban J connectivity index is 0.00000243. The Morgan fingerprint density at radius 2 is 2.12 bits per heavy atom. The number of rotatable bonds is 5. The monoisotopic (exact) mass is 418 g/mol. The number of hydrogen-bond donors (Lipinski definition) is 2. The zero-order chi connectivity index (χ0) is 18.0. The summed E-state index contributed by atoms with van der Waals surface area (Å²) in [4.78, 5) is 12.5. The largest absolute Gasteiger partial charge is 0.462 e. The number of halogens is 1. The Morgan fingerprint density at radius 1 is 1.35 bits per heavy atom. The van der Waals surface area contributed by atoms with Crippen molar-refractivity contribution in [2.24, 2.45) is 5.73 Å². The number of esters is 1. The van der Waals surface area contributed by atoms with Gasteiger partial charge in [-0.15, -0.1) is 23.7 Å². The molecule has 0 amide bonds. The van der Waals surface area contributed by atoms with E-state index in [1.807, 2.05) is 0 Å². The molecule has 2 unspecified atom stereocenters. The first kappa shape index (κ1) is 21.1. The van der Waals surface area contributed by atoms with Crippen LogP contribution in [0.3, 0.4) is 0 Å². The van der Waals surface area contributed by atoms with E-state index in [0.29, 0.717) is 17.9 Å². The summed E-state index contributed by atoms with van der Waals surface area (Å²) < 4.78 is 33.9. The number of nitrogens with two attached hydrogens (primary N) is 1. The normalized spacial score (nSPS) is 20.5. The van der Waals surface area contributed by atoms with Gasteiger partial charge >= 0.3 is 5.97 Å². The summed E-state index contributed by atoms with van der Waals surface area (Å²) in [7, 11) is -3.61. The molecule has 1 heterocycles. The third-order valence-electron chi connectivity index (χ3n) is 4.31. The average Bonchev–Trinajstić information content (AvgIpc) is 2.98. The summed E-state index contributed by atoms with van der Waals surface area (Å²) in [5.41, 5.74) is 5.94. The van der Waals surface area contributed by atoms with E-state index in [0.717, 1.165) is 29.3 Å². The summed E-state index contributed by atoms with van der Waals surface area (Å²) in [6.45, 7) is 2.05. The second-order valence-electron chi connectivity index (χ2n) is 6.28. The third-order valence-corrected chi connectivity index (χ3v) is 6.93. The molecule has 1 aliphatic carbocycles. The maximum Gasteiger partial charge on any atom is 0.348 e. The Morgan fingerprint density at radius 3 is 2.81 bits per heavy atom. The number of nitrogens with one attached hydrogen (secondary N) is 1. The summed E-state index contributed by atoms with van der Waals surface area (Å²) in [6.07, 6.45) is 3.34. The number of ether oxygens (including phenoxy) is 1. The van der Waals surface area contributed by atoms with E-state index in [2.05, 4.69) is 4.72 Å². The summed E-state index contributed by atoms with van der Waals surface area (Å²) >= 11 is 1.29. The first-order valence-electron chi connectivity index (χ1n) is 8.37. The maximum atomic E-state index is 12.7. The molecule has 144 valence electrons. The molecule has 0 bridgehead atoms. The van der Waals surface area contributed by atoms with Gasteiger partial charge in [-0.25, -0.2) is 17.9 Å². The molecule has 2 atom stereocenters. The molecular formula is C17H23ClN2O4S2. The van der Waals surface area contributed by atoms with Crippen LogP contribution in [0.15, 0.2) is 29.2 Å². The molecule has 0 radical (unpaired) electrons. The van der Waals surface area contributed by atoms with E-state index in [1.54, 1.807) is 31.2 Å². The Bertz CT molecular complexity index is 882. The lowest BCUT2D eigenvalue weighted by atomic mass is 9.92. The molecule has 0 spiro atoms. The van der Waals surface area contributed by atoms with Crippen molar-refractivity contribution in [3.05, 3.63) is 29.1 Å². The molecule has 1 saturated carbocycles. The molecule has 0 aliphatic heterocycles. The van der Waals surface area contributed by atoms with Crippen molar-refractivity contribution in [3.63, 3.8) is 0 Å². The van der Waals surface area contributed by atoms with E-state index in [1.165, 1.54) is 11.3 Å². The standard InChI is InChI=1S/C17H22N2O4S2.ClH/c1-2-23-17(20)16-9-11-8-14(6-7-15(11)24-16)25(21,22)19-13-5-3-4-12(18)10-13;/h6-9,12-13,19H,2-5,10,18H2,1H3;1H. The highest BCUT2D eigenvalue weighted by Gasteiger charge is 2.25. The molecule has 1 fully saturated rings. The first-order chi connectivity index (χ1) is 11.9. The van der Waals surface area contributed by atoms with Crippen LogP contribution in [0.5, 0.6) is 0 Å². The number of carbonyl (C=O) groups excluding carboxylic acids is 1. The summed E-state index contributed by atoms with van der Waals surface area (Å²) in [5.74, 6) is -0.387. The Kier molecular flexibility index (Phi) is 7.04. The van der Waals surface area contributed by atoms with Gasteiger partial charge in [-0.1, -0.05) is 6.42 Å². The SMILES string of the molecule is CCOC(=O)c1cc2cc(S(=O)(=O)NC3CCCC(N)C3)ccc2s1.Cl. The maximum absolute atomic E-state index is 12.7. The van der Waals surface area contributed by atoms with Crippen LogP contribution in [0.25, 0.3) is 10.1 Å². The smallest absolute Gasteiger partial charge is 0.348 e. The lowest BCUT2D eigenvalue weighted by molar-refractivity contribution is 0.0532. The minimum absolute atomic E-state index is 0. The number of fused-ring (bicyclic) bond motifs is 1. The third kappa shape index (κ3) is 4.75. The van der Waals surface area contributed by atoms with Crippen molar-refractivity contribution >= 4 is 49.8 Å². The zero-order valence-corrected chi connectivity index (χ0v) is 16.9. The number of carbonyl (C=O) groups is 1. The van der Waals surface area contributed by atoms with Crippen LogP contribution in [-0.4, -0.2) is 33.1 Å². The number of thiophene rings is 1. The lowest BCUT2D eigenvalue weighted by Gasteiger charge is -2.27. The molecule has 3 N–H and O–H groups in total. The predicted molar refractivity (Wildman–Crippen MR) is 106 cm³/mol. The lowest BCUT2D eigenvalue weighted by Crippen LogP contribution is -2.42. The van der Waals surface area contributed by atoms with Crippen LogP contribution in [0.4, 0.5) is 0 Å². The van der Waals surface area contributed by atoms with Crippen molar-refractivity contribution in [1.29, 1.82) is 0 Å². The second kappa shape index (κ2) is 8.67. The fourth-order valence-electron chi connectivity index (χ4n) is 3.11. The zero-order valence-electron chi connectivity index (χ0n) is 14.4. The highest BCUT2D eigenvalue weighted by atomic mass is 35.5. The quantitative estimate of drug-likeness (QED) is 0.727. The van der Waals surface area contributed by atoms with Crippen LogP contribution < -0.4 is 10.5 Å². The number of sulfonamides is 1. The number of hydrogen-bond acceptors (Lipinski definition) is 6. The highest BCUT2D eigenvalue weighted by Crippen LogP contribution is 2.29. The van der Waals surface area contributed by atoms with Gasteiger partial charge in [0.15, 0.2) is 0 Å². The van der Waals surface area contributed by atoms with Gasteiger partial charge in [-0.2, -0.15) is 0 Å². The van der Waals surface area contributed by atoms with Crippen molar-refractivity contribution in [3.8, 4) is 0 Å². The molecule has 9 heteroatoms. The van der Waals surface area contributed by atoms with E-state index >= 15 is 0 Å². The summed E-state index contributed by atoms with van der Waals surface area (Å²) in [6, 6.07) is 6.49. The van der Waals surface area contributed by atoms with E-state index in [9.17, 15) is 13.2 Å². The van der Waals surface area contributed by atoms with Crippen molar-refractivity contribution in [1.82, 2.24) is 4.72 Å². The van der Waals surface area contributed by atoms with Gasteiger partial charge in [-0.05, 0) is 55.8 Å². The van der Waals surface area contributed by atoms with E-state index in [4.69, 9.17) is 10.5 Å². The molecular weight excluding hydrogens is 396 g/mol. The van der Waals surface area contributed by atoms with E-state index < -0.39 is 10.0 Å². The van der Waals surface area contributed by atoms with Gasteiger partial charge in [0.05, 0.1) is 11.5 Å². The molecule has 26 heavy (non-hydrogen) atoms. The molecule has 3 rings (SSSR count). The predicted octanol–water partition coefficient (Wildman–Crippen LogP) is 3.05. The van der Waals surface area contributed by atoms with Crippen LogP contribution in [0.1, 0.15) is 42.3 Å². The topological polar surface area (TPSA) is 98.5 Å². The molecule has 6 nitrogen and oxygen atoms in total. The van der Waals surface area contributed by atoms with Crippen molar-refractivity contribution in [2.45, 2.75) is 49.6 Å². The minimum atomic E-state index is -3.61. The van der Waals surface area contributed by atoms with Gasteiger partial charge in [-0.3, -0.25) is 0 Å². The van der Waals surface area contributed by atoms with Crippen LogP contribution in [0, 0.1) is 0 Å². The average molecular weight is 419 g/mol. The minimum Gasteiger partial charge on any atom is -0.462 e. The Hall–Kier alpha value is -1.19. The Labute approximate surface area is 163 Å². The van der Waals surface area contributed by atoms with Crippen LogP contribution in [-0.2, 0) is 14.8 Å². The molecule has 0 saturated heterocycles. The van der Waals surface area contributed by atoms with Crippen molar-refractivity contribution < 1.29 is 17.9 Å². The fraction of sp³-hybridized carbons (Fsp3) is 0.471. The highest BCUT2D eigenvalue weighted by molar-refractivity contribution is 7.89. The fourth-order valence-corrected chi connectivity index (χ4v) is 5.37. The van der Waals surface area contributed by atoms with Crippen LogP contribution in [0.2, 0.25) is 0 Å². The van der Waals surface area contributed by atoms with Gasteiger partial charge < -0.3 is 10.5 Å². The molecule has 1 aromatic heterocycles. The van der Waals surface area contributed by atoms with Gasteiger partial charge in [0.1, 0.15) is 4.88 Å². The second-order valence-corrected chi connectivity index (χ2v) is 9.07. The van der Waals surface area contributed by atoms with Gasteiger partial charge in [0.25, 0.3) is 0 Å². The van der Waals surface area contributed by atoms with Crippen LogP contribution >= 0.6 is 23.7 Å². The van der Waals surface area contributed by atoms with Gasteiger partial charge in [0.2, 0.25) is 10.0 Å². The first-order valence-corrected chi connectivity index (χ1v) is 10.7. The molecule has 1 aromatic carbocycles. The van der Waals surface area contributed by atoms with Crippen molar-refractivity contribution in [2.75, 3.05) is 6.61 Å².